The van der Waals surface area contributed by atoms with Gasteiger partial charge < -0.3 is 19.7 Å². The highest BCUT2D eigenvalue weighted by Crippen LogP contribution is 2.12. The van der Waals surface area contributed by atoms with Crippen LogP contribution in [0.2, 0.25) is 0 Å². The molecular formula is C20H34IN3O3. The SMILES string of the molecule is CCOC(=O)CCCCCCNC(=NC)N(C)Cc1ccc(OC)cc1.I. The summed E-state index contributed by atoms with van der Waals surface area (Å²) in [5, 5.41) is 3.39. The number of carbonyl (C=O) groups excluding carboxylic acids is 1. The topological polar surface area (TPSA) is 63.2 Å². The van der Waals surface area contributed by atoms with Gasteiger partial charge in [-0.2, -0.15) is 0 Å². The van der Waals surface area contributed by atoms with Crippen molar-refractivity contribution in [1.29, 1.82) is 0 Å². The van der Waals surface area contributed by atoms with Crippen LogP contribution in [-0.4, -0.2) is 51.2 Å². The number of aliphatic imine (C=N–C) groups is 1. The van der Waals surface area contributed by atoms with Gasteiger partial charge in [0.05, 0.1) is 13.7 Å². The molecule has 6 nitrogen and oxygen atoms in total. The fourth-order valence-electron chi connectivity index (χ4n) is 2.65. The van der Waals surface area contributed by atoms with Gasteiger partial charge in [-0.25, -0.2) is 0 Å². The Labute approximate surface area is 180 Å². The minimum absolute atomic E-state index is 0. The van der Waals surface area contributed by atoms with Gasteiger partial charge in [0.15, 0.2) is 5.96 Å². The van der Waals surface area contributed by atoms with Crippen LogP contribution < -0.4 is 10.1 Å². The normalized spacial score (nSPS) is 10.7. The smallest absolute Gasteiger partial charge is 0.305 e. The lowest BCUT2D eigenvalue weighted by Crippen LogP contribution is -2.38. The van der Waals surface area contributed by atoms with E-state index in [1.807, 2.05) is 26.1 Å². The number of methoxy groups -OCH3 is 1. The van der Waals surface area contributed by atoms with E-state index in [-0.39, 0.29) is 29.9 Å². The van der Waals surface area contributed by atoms with E-state index in [4.69, 9.17) is 9.47 Å². The van der Waals surface area contributed by atoms with Crippen molar-refractivity contribution in [3.8, 4) is 5.75 Å². The molecule has 0 unspecified atom stereocenters. The summed E-state index contributed by atoms with van der Waals surface area (Å²) in [6.07, 6.45) is 4.60. The third kappa shape index (κ3) is 11.0. The summed E-state index contributed by atoms with van der Waals surface area (Å²) in [6.45, 7) is 3.95. The Balaban J connectivity index is 0.00000676. The van der Waals surface area contributed by atoms with Gasteiger partial charge in [-0.15, -0.1) is 24.0 Å². The van der Waals surface area contributed by atoms with Gasteiger partial charge >= 0.3 is 5.97 Å². The predicted molar refractivity (Wildman–Crippen MR) is 121 cm³/mol. The molecular weight excluding hydrogens is 457 g/mol. The molecule has 1 aromatic rings. The van der Waals surface area contributed by atoms with Crippen LogP contribution in [-0.2, 0) is 16.1 Å². The number of nitrogens with zero attached hydrogens (tertiary/aromatic N) is 2. The van der Waals surface area contributed by atoms with Crippen LogP contribution >= 0.6 is 24.0 Å². The van der Waals surface area contributed by atoms with Crippen molar-refractivity contribution >= 4 is 35.9 Å². The molecule has 0 fully saturated rings. The number of guanidine groups is 1. The van der Waals surface area contributed by atoms with E-state index < -0.39 is 0 Å². The second-order valence-corrected chi connectivity index (χ2v) is 6.15. The summed E-state index contributed by atoms with van der Waals surface area (Å²) in [7, 11) is 5.49. The zero-order chi connectivity index (χ0) is 19.2. The van der Waals surface area contributed by atoms with Gasteiger partial charge in [0.25, 0.3) is 0 Å². The molecule has 0 saturated carbocycles. The third-order valence-corrected chi connectivity index (χ3v) is 4.05. The number of hydrogen-bond acceptors (Lipinski definition) is 4. The maximum Gasteiger partial charge on any atom is 0.305 e. The number of rotatable bonds is 11. The summed E-state index contributed by atoms with van der Waals surface area (Å²) in [5.41, 5.74) is 1.20. The molecule has 1 aromatic carbocycles. The first-order valence-electron chi connectivity index (χ1n) is 9.31. The zero-order valence-corrected chi connectivity index (χ0v) is 19.3. The first-order chi connectivity index (χ1) is 12.6. The summed E-state index contributed by atoms with van der Waals surface area (Å²) in [5.74, 6) is 1.65. The van der Waals surface area contributed by atoms with Crippen molar-refractivity contribution in [2.24, 2.45) is 4.99 Å². The molecule has 0 aliphatic rings. The second kappa shape index (κ2) is 15.5. The number of benzene rings is 1. The Morgan fingerprint density at radius 3 is 2.41 bits per heavy atom. The highest BCUT2D eigenvalue weighted by molar-refractivity contribution is 14.0. The Hall–Kier alpha value is -1.51. The number of carbonyl (C=O) groups is 1. The van der Waals surface area contributed by atoms with E-state index in [0.29, 0.717) is 13.0 Å². The van der Waals surface area contributed by atoms with Crippen LogP contribution in [0.15, 0.2) is 29.3 Å². The maximum absolute atomic E-state index is 11.3. The van der Waals surface area contributed by atoms with Crippen LogP contribution in [0.1, 0.15) is 44.6 Å². The number of halogens is 1. The number of nitrogens with one attached hydrogen (secondary N) is 1. The summed E-state index contributed by atoms with van der Waals surface area (Å²) >= 11 is 0. The molecule has 0 bridgehead atoms. The van der Waals surface area contributed by atoms with Gasteiger partial charge in [0.1, 0.15) is 5.75 Å². The Bertz CT molecular complexity index is 550. The van der Waals surface area contributed by atoms with Gasteiger partial charge in [0.2, 0.25) is 0 Å². The molecule has 1 rings (SSSR count). The van der Waals surface area contributed by atoms with E-state index in [1.165, 1.54) is 5.56 Å². The van der Waals surface area contributed by atoms with Gasteiger partial charge in [-0.1, -0.05) is 25.0 Å². The fourth-order valence-corrected chi connectivity index (χ4v) is 2.65. The first kappa shape index (κ1) is 25.5. The lowest BCUT2D eigenvalue weighted by atomic mass is 10.1. The molecule has 0 heterocycles. The summed E-state index contributed by atoms with van der Waals surface area (Å²) < 4.78 is 10.1. The average Bonchev–Trinajstić information content (AvgIpc) is 2.64. The van der Waals surface area contributed by atoms with E-state index in [0.717, 1.165) is 50.5 Å². The number of ether oxygens (including phenoxy) is 2. The van der Waals surface area contributed by atoms with Crippen molar-refractivity contribution in [2.45, 2.75) is 45.6 Å². The van der Waals surface area contributed by atoms with Gasteiger partial charge in [0, 0.05) is 33.6 Å². The molecule has 154 valence electrons. The quantitative estimate of drug-likeness (QED) is 0.168. The molecule has 7 heteroatoms. The minimum Gasteiger partial charge on any atom is -0.497 e. The summed E-state index contributed by atoms with van der Waals surface area (Å²) in [4.78, 5) is 17.7. The van der Waals surface area contributed by atoms with Crippen molar-refractivity contribution in [2.75, 3.05) is 34.4 Å². The van der Waals surface area contributed by atoms with Gasteiger partial charge in [-0.3, -0.25) is 9.79 Å². The number of hydrogen-bond donors (Lipinski definition) is 1. The Morgan fingerprint density at radius 2 is 1.81 bits per heavy atom. The third-order valence-electron chi connectivity index (χ3n) is 4.05. The van der Waals surface area contributed by atoms with Gasteiger partial charge in [-0.05, 0) is 37.5 Å². The van der Waals surface area contributed by atoms with Crippen molar-refractivity contribution in [1.82, 2.24) is 10.2 Å². The van der Waals surface area contributed by atoms with E-state index in [1.54, 1.807) is 14.2 Å². The van der Waals surface area contributed by atoms with E-state index in [2.05, 4.69) is 27.3 Å². The maximum atomic E-state index is 11.3. The van der Waals surface area contributed by atoms with Crippen molar-refractivity contribution < 1.29 is 14.3 Å². The largest absolute Gasteiger partial charge is 0.497 e. The monoisotopic (exact) mass is 491 g/mol. The molecule has 0 aromatic heterocycles. The van der Waals surface area contributed by atoms with E-state index in [9.17, 15) is 4.79 Å². The lowest BCUT2D eigenvalue weighted by molar-refractivity contribution is -0.143. The average molecular weight is 491 g/mol. The van der Waals surface area contributed by atoms with Crippen molar-refractivity contribution in [3.05, 3.63) is 29.8 Å². The van der Waals surface area contributed by atoms with Crippen LogP contribution in [0.3, 0.4) is 0 Å². The minimum atomic E-state index is -0.0915. The fraction of sp³-hybridized carbons (Fsp3) is 0.600. The van der Waals surface area contributed by atoms with Crippen LogP contribution in [0.25, 0.3) is 0 Å². The van der Waals surface area contributed by atoms with Crippen molar-refractivity contribution in [3.63, 3.8) is 0 Å². The van der Waals surface area contributed by atoms with Crippen LogP contribution in [0.4, 0.5) is 0 Å². The highest BCUT2D eigenvalue weighted by atomic mass is 127. The second-order valence-electron chi connectivity index (χ2n) is 6.15. The zero-order valence-electron chi connectivity index (χ0n) is 17.0. The number of esters is 1. The van der Waals surface area contributed by atoms with E-state index >= 15 is 0 Å². The molecule has 0 saturated heterocycles. The molecule has 0 spiro atoms. The Kier molecular flexibility index (Phi) is 14.7. The molecule has 27 heavy (non-hydrogen) atoms. The summed E-state index contributed by atoms with van der Waals surface area (Å²) in [6, 6.07) is 8.06. The molecule has 0 radical (unpaired) electrons. The Morgan fingerprint density at radius 1 is 1.15 bits per heavy atom. The molecule has 0 atom stereocenters. The lowest BCUT2D eigenvalue weighted by Gasteiger charge is -2.22. The number of unbranched alkanes of at least 4 members (excludes halogenated alkanes) is 3. The molecule has 0 aliphatic carbocycles. The first-order valence-corrected chi connectivity index (χ1v) is 9.31. The van der Waals surface area contributed by atoms with Crippen LogP contribution in [0.5, 0.6) is 5.75 Å². The standard InChI is InChI=1S/C20H33N3O3.HI/c1-5-26-19(24)10-8-6-7-9-15-22-20(21-2)23(3)16-17-11-13-18(25-4)14-12-17;/h11-14H,5-10,15-16H2,1-4H3,(H,21,22);1H. The van der Waals surface area contributed by atoms with Crippen LogP contribution in [0, 0.1) is 0 Å². The molecule has 0 amide bonds. The predicted octanol–water partition coefficient (Wildman–Crippen LogP) is 3.83. The molecule has 1 N–H and O–H groups in total. The highest BCUT2D eigenvalue weighted by Gasteiger charge is 2.06. The molecule has 0 aliphatic heterocycles.